The van der Waals surface area contributed by atoms with Gasteiger partial charge in [0.05, 0.1) is 0 Å². The summed E-state index contributed by atoms with van der Waals surface area (Å²) in [6.45, 7) is -0.480. The van der Waals surface area contributed by atoms with Crippen LogP contribution in [0.15, 0.2) is 24.3 Å². The Hall–Kier alpha value is -3.30. The van der Waals surface area contributed by atoms with E-state index in [1.165, 1.54) is 0 Å². The van der Waals surface area contributed by atoms with Crippen LogP contribution in [0.3, 0.4) is 0 Å². The van der Waals surface area contributed by atoms with E-state index in [1.54, 1.807) is 24.3 Å². The van der Waals surface area contributed by atoms with Crippen molar-refractivity contribution in [1.82, 2.24) is 21.1 Å². The summed E-state index contributed by atoms with van der Waals surface area (Å²) in [5.41, 5.74) is 3.57. The van der Waals surface area contributed by atoms with Crippen molar-refractivity contribution in [3.05, 3.63) is 24.3 Å². The van der Waals surface area contributed by atoms with Crippen LogP contribution in [0.5, 0.6) is 11.5 Å². The van der Waals surface area contributed by atoms with Gasteiger partial charge in [-0.3, -0.25) is 30.1 Å². The first kappa shape index (κ1) is 19.0. The number of rotatable bonds is 3. The van der Waals surface area contributed by atoms with Gasteiger partial charge in [-0.25, -0.2) is 4.79 Å². The molecule has 1 saturated carbocycles. The largest absolute Gasteiger partial charge is 0.485 e. The minimum atomic E-state index is -0.938. The van der Waals surface area contributed by atoms with Gasteiger partial charge in [-0.15, -0.1) is 0 Å². The van der Waals surface area contributed by atoms with Crippen LogP contribution in [0, 0.1) is 0 Å². The summed E-state index contributed by atoms with van der Waals surface area (Å²) >= 11 is 0. The maximum absolute atomic E-state index is 12.7. The van der Waals surface area contributed by atoms with Crippen molar-refractivity contribution in [1.29, 1.82) is 0 Å². The summed E-state index contributed by atoms with van der Waals surface area (Å²) in [6, 6.07) is 6.35. The third-order valence-corrected chi connectivity index (χ3v) is 5.38. The number of imide groups is 1. The van der Waals surface area contributed by atoms with Gasteiger partial charge in [0.1, 0.15) is 18.7 Å². The molecule has 154 valence electrons. The molecular formula is C19H22N4O6. The summed E-state index contributed by atoms with van der Waals surface area (Å²) in [5.74, 6) is -0.705. The molecular weight excluding hydrogens is 380 g/mol. The lowest BCUT2D eigenvalue weighted by Crippen LogP contribution is -2.53. The van der Waals surface area contributed by atoms with E-state index < -0.39 is 36.0 Å². The van der Waals surface area contributed by atoms with Crippen molar-refractivity contribution in [2.24, 2.45) is 0 Å². The van der Waals surface area contributed by atoms with Crippen LogP contribution in [0.2, 0.25) is 0 Å². The summed E-state index contributed by atoms with van der Waals surface area (Å²) in [7, 11) is 0. The van der Waals surface area contributed by atoms with E-state index in [0.29, 0.717) is 24.3 Å². The number of hydrazine groups is 1. The van der Waals surface area contributed by atoms with Crippen LogP contribution < -0.4 is 25.6 Å². The van der Waals surface area contributed by atoms with E-state index in [1.807, 2.05) is 0 Å². The number of hydrogen-bond donors (Lipinski definition) is 3. The number of benzene rings is 1. The Morgan fingerprint density at radius 1 is 1.10 bits per heavy atom. The Bertz CT molecular complexity index is 851. The molecule has 1 aromatic rings. The molecule has 2 aliphatic heterocycles. The lowest BCUT2D eigenvalue weighted by atomic mass is 9.82. The fourth-order valence-corrected chi connectivity index (χ4v) is 3.86. The highest BCUT2D eigenvalue weighted by Gasteiger charge is 2.51. The van der Waals surface area contributed by atoms with Crippen LogP contribution in [-0.2, 0) is 14.4 Å². The Morgan fingerprint density at radius 2 is 1.83 bits per heavy atom. The number of para-hydroxylation sites is 2. The van der Waals surface area contributed by atoms with Crippen LogP contribution in [0.1, 0.15) is 32.1 Å². The van der Waals surface area contributed by atoms with Crippen molar-refractivity contribution in [2.75, 3.05) is 13.2 Å². The zero-order chi connectivity index (χ0) is 20.4. The highest BCUT2D eigenvalue weighted by atomic mass is 16.6. The van der Waals surface area contributed by atoms with E-state index >= 15 is 0 Å². The third-order valence-electron chi connectivity index (χ3n) is 5.38. The predicted molar refractivity (Wildman–Crippen MR) is 98.7 cm³/mol. The van der Waals surface area contributed by atoms with E-state index in [2.05, 4.69) is 16.2 Å². The number of carbonyl (C=O) groups excluding carboxylic acids is 4. The molecule has 5 amide bonds. The van der Waals surface area contributed by atoms with Gasteiger partial charge in [-0.2, -0.15) is 0 Å². The number of nitrogens with zero attached hydrogens (tertiary/aromatic N) is 1. The van der Waals surface area contributed by atoms with Crippen molar-refractivity contribution in [3.63, 3.8) is 0 Å². The lowest BCUT2D eigenvalue weighted by molar-refractivity contribution is -0.138. The molecule has 1 aliphatic carbocycles. The lowest BCUT2D eigenvalue weighted by Gasteiger charge is -2.30. The van der Waals surface area contributed by atoms with Gasteiger partial charge in [-0.1, -0.05) is 31.4 Å². The average Bonchev–Trinajstić information content (AvgIpc) is 2.96. The van der Waals surface area contributed by atoms with Gasteiger partial charge in [0.15, 0.2) is 11.5 Å². The zero-order valence-corrected chi connectivity index (χ0v) is 15.7. The second kappa shape index (κ2) is 7.61. The topological polar surface area (TPSA) is 126 Å². The Kier molecular flexibility index (Phi) is 4.99. The van der Waals surface area contributed by atoms with Gasteiger partial charge in [0, 0.05) is 0 Å². The third kappa shape index (κ3) is 3.69. The van der Waals surface area contributed by atoms with Crippen LogP contribution >= 0.6 is 0 Å². The number of ether oxygens (including phenoxy) is 2. The second-order valence-electron chi connectivity index (χ2n) is 7.37. The predicted octanol–water partition coefficient (Wildman–Crippen LogP) is 0.229. The number of amides is 5. The van der Waals surface area contributed by atoms with E-state index in [0.717, 1.165) is 24.2 Å². The summed E-state index contributed by atoms with van der Waals surface area (Å²) in [5, 5.41) is 2.73. The first-order valence-electron chi connectivity index (χ1n) is 9.60. The molecule has 1 atom stereocenters. The summed E-state index contributed by atoms with van der Waals surface area (Å²) in [4.78, 5) is 50.2. The molecule has 10 nitrogen and oxygen atoms in total. The van der Waals surface area contributed by atoms with Gasteiger partial charge in [-0.05, 0) is 25.0 Å². The van der Waals surface area contributed by atoms with Crippen LogP contribution in [0.4, 0.5) is 4.79 Å². The monoisotopic (exact) mass is 402 g/mol. The van der Waals surface area contributed by atoms with E-state index in [-0.39, 0.29) is 12.5 Å². The maximum atomic E-state index is 12.7. The van der Waals surface area contributed by atoms with Crippen molar-refractivity contribution in [2.45, 2.75) is 43.7 Å². The van der Waals surface area contributed by atoms with Crippen LogP contribution in [0.25, 0.3) is 0 Å². The number of fused-ring (bicyclic) bond motifs is 1. The van der Waals surface area contributed by atoms with Gasteiger partial charge in [0.25, 0.3) is 17.7 Å². The fraction of sp³-hybridized carbons (Fsp3) is 0.474. The SMILES string of the molecule is O=C(CN1C(=O)NC2(CCCCC2)C1=O)NNC(=O)C1COc2ccccc2O1. The van der Waals surface area contributed by atoms with Crippen molar-refractivity contribution in [3.8, 4) is 11.5 Å². The van der Waals surface area contributed by atoms with Crippen molar-refractivity contribution < 1.29 is 28.7 Å². The first-order chi connectivity index (χ1) is 14.0. The molecule has 4 rings (SSSR count). The minimum absolute atomic E-state index is 0.00570. The Morgan fingerprint density at radius 3 is 2.59 bits per heavy atom. The molecule has 1 aromatic carbocycles. The first-order valence-corrected chi connectivity index (χ1v) is 9.60. The number of hydrogen-bond acceptors (Lipinski definition) is 6. The molecule has 1 saturated heterocycles. The molecule has 1 spiro atoms. The normalized spacial score (nSPS) is 22.2. The summed E-state index contributed by atoms with van der Waals surface area (Å²) in [6.07, 6.45) is 2.95. The summed E-state index contributed by atoms with van der Waals surface area (Å²) < 4.78 is 11.0. The van der Waals surface area contributed by atoms with E-state index in [9.17, 15) is 19.2 Å². The quantitative estimate of drug-likeness (QED) is 0.491. The minimum Gasteiger partial charge on any atom is -0.485 e. The Balaban J connectivity index is 1.28. The molecule has 2 fully saturated rings. The standard InChI is InChI=1S/C19H22N4O6/c24-15(10-23-17(26)19(20-18(23)27)8-4-1-5-9-19)21-22-16(25)14-11-28-12-6-2-3-7-13(12)29-14/h2-3,6-7,14H,1,4-5,8-11H2,(H,20,27)(H,21,24)(H,22,25). The van der Waals surface area contributed by atoms with Gasteiger partial charge in [0.2, 0.25) is 6.10 Å². The van der Waals surface area contributed by atoms with E-state index in [4.69, 9.17) is 9.47 Å². The molecule has 1 unspecified atom stereocenters. The molecule has 10 heteroatoms. The number of urea groups is 1. The van der Waals surface area contributed by atoms with Crippen LogP contribution in [-0.4, -0.2) is 53.4 Å². The highest BCUT2D eigenvalue weighted by Crippen LogP contribution is 2.33. The number of nitrogens with one attached hydrogen (secondary N) is 3. The number of carbonyl (C=O) groups is 4. The van der Waals surface area contributed by atoms with Gasteiger partial charge >= 0.3 is 6.03 Å². The molecule has 3 aliphatic rings. The maximum Gasteiger partial charge on any atom is 0.325 e. The highest BCUT2D eigenvalue weighted by molar-refractivity contribution is 6.09. The second-order valence-corrected chi connectivity index (χ2v) is 7.37. The molecule has 29 heavy (non-hydrogen) atoms. The molecule has 3 N–H and O–H groups in total. The molecule has 2 heterocycles. The smallest absolute Gasteiger partial charge is 0.325 e. The zero-order valence-electron chi connectivity index (χ0n) is 15.7. The average molecular weight is 402 g/mol. The Labute approximate surface area is 166 Å². The molecule has 0 aromatic heterocycles. The molecule has 0 radical (unpaired) electrons. The van der Waals surface area contributed by atoms with Gasteiger partial charge < -0.3 is 14.8 Å². The fourth-order valence-electron chi connectivity index (χ4n) is 3.86. The van der Waals surface area contributed by atoms with Crippen molar-refractivity contribution >= 4 is 23.8 Å². The molecule has 0 bridgehead atoms.